The molecule has 0 heterocycles. The van der Waals surface area contributed by atoms with E-state index in [1.54, 1.807) is 32.0 Å². The molecule has 0 aromatic heterocycles. The SMILES string of the molecule is CC(C)(CCC(=O)O)NC(=O)Cc1ccc(Cl)c(Cl)c1. The number of halogens is 2. The van der Waals surface area contributed by atoms with Crippen molar-refractivity contribution in [2.45, 2.75) is 38.6 Å². The highest BCUT2D eigenvalue weighted by atomic mass is 35.5. The Morgan fingerprint density at radius 3 is 2.45 bits per heavy atom. The molecule has 0 bridgehead atoms. The maximum absolute atomic E-state index is 11.9. The van der Waals surface area contributed by atoms with Crippen LogP contribution in [0.4, 0.5) is 0 Å². The van der Waals surface area contributed by atoms with Crippen LogP contribution in [0.5, 0.6) is 0 Å². The Morgan fingerprint density at radius 1 is 1.25 bits per heavy atom. The van der Waals surface area contributed by atoms with E-state index >= 15 is 0 Å². The summed E-state index contributed by atoms with van der Waals surface area (Å²) in [6.07, 6.45) is 0.558. The van der Waals surface area contributed by atoms with Gasteiger partial charge in [0, 0.05) is 12.0 Å². The molecule has 4 nitrogen and oxygen atoms in total. The van der Waals surface area contributed by atoms with Gasteiger partial charge in [-0.05, 0) is 38.0 Å². The van der Waals surface area contributed by atoms with Gasteiger partial charge in [-0.1, -0.05) is 29.3 Å². The molecule has 0 saturated carbocycles. The smallest absolute Gasteiger partial charge is 0.303 e. The summed E-state index contributed by atoms with van der Waals surface area (Å²) in [6.45, 7) is 3.59. The molecule has 110 valence electrons. The Hall–Kier alpha value is -1.26. The largest absolute Gasteiger partial charge is 0.481 e. The number of hydrogen-bond donors (Lipinski definition) is 2. The fourth-order valence-electron chi connectivity index (χ4n) is 1.74. The fraction of sp³-hybridized carbons (Fsp3) is 0.429. The van der Waals surface area contributed by atoms with Crippen LogP contribution in [0.1, 0.15) is 32.3 Å². The zero-order valence-corrected chi connectivity index (χ0v) is 12.9. The van der Waals surface area contributed by atoms with Gasteiger partial charge in [-0.15, -0.1) is 0 Å². The first-order valence-corrected chi connectivity index (χ1v) is 6.92. The van der Waals surface area contributed by atoms with Crippen molar-refractivity contribution in [3.8, 4) is 0 Å². The number of hydrogen-bond acceptors (Lipinski definition) is 2. The van der Waals surface area contributed by atoms with Gasteiger partial charge in [-0.25, -0.2) is 0 Å². The minimum absolute atomic E-state index is 0.0139. The van der Waals surface area contributed by atoms with Crippen molar-refractivity contribution in [2.75, 3.05) is 0 Å². The molecule has 0 radical (unpaired) electrons. The number of carbonyl (C=O) groups excluding carboxylic acids is 1. The molecule has 0 spiro atoms. The number of rotatable bonds is 6. The van der Waals surface area contributed by atoms with E-state index in [2.05, 4.69) is 5.32 Å². The summed E-state index contributed by atoms with van der Waals surface area (Å²) in [4.78, 5) is 22.5. The van der Waals surface area contributed by atoms with Crippen LogP contribution in [0.3, 0.4) is 0 Å². The second-order valence-electron chi connectivity index (χ2n) is 5.25. The predicted molar refractivity (Wildman–Crippen MR) is 79.3 cm³/mol. The van der Waals surface area contributed by atoms with Crippen LogP contribution < -0.4 is 5.32 Å². The van der Waals surface area contributed by atoms with Crippen LogP contribution in [0.2, 0.25) is 10.0 Å². The van der Waals surface area contributed by atoms with Crippen LogP contribution in [0.25, 0.3) is 0 Å². The second-order valence-corrected chi connectivity index (χ2v) is 6.07. The highest BCUT2D eigenvalue weighted by Gasteiger charge is 2.21. The molecule has 2 N–H and O–H groups in total. The average molecular weight is 318 g/mol. The number of carboxylic acids is 1. The van der Waals surface area contributed by atoms with Crippen LogP contribution in [-0.2, 0) is 16.0 Å². The maximum Gasteiger partial charge on any atom is 0.303 e. The van der Waals surface area contributed by atoms with Crippen LogP contribution in [0, 0.1) is 0 Å². The van der Waals surface area contributed by atoms with E-state index in [1.807, 2.05) is 0 Å². The molecular weight excluding hydrogens is 301 g/mol. The van der Waals surface area contributed by atoms with Crippen molar-refractivity contribution in [2.24, 2.45) is 0 Å². The van der Waals surface area contributed by atoms with Gasteiger partial charge >= 0.3 is 5.97 Å². The van der Waals surface area contributed by atoms with E-state index in [-0.39, 0.29) is 18.7 Å². The topological polar surface area (TPSA) is 66.4 Å². The van der Waals surface area contributed by atoms with E-state index in [9.17, 15) is 9.59 Å². The van der Waals surface area contributed by atoms with Gasteiger partial charge in [-0.3, -0.25) is 9.59 Å². The Balaban J connectivity index is 2.58. The van der Waals surface area contributed by atoms with Gasteiger partial charge < -0.3 is 10.4 Å². The third-order valence-corrected chi connectivity index (χ3v) is 3.53. The van der Waals surface area contributed by atoms with E-state index in [1.165, 1.54) is 0 Å². The molecule has 0 atom stereocenters. The molecule has 0 saturated heterocycles. The number of carbonyl (C=O) groups is 2. The molecule has 20 heavy (non-hydrogen) atoms. The minimum Gasteiger partial charge on any atom is -0.481 e. The lowest BCUT2D eigenvalue weighted by molar-refractivity contribution is -0.137. The van der Waals surface area contributed by atoms with Crippen molar-refractivity contribution < 1.29 is 14.7 Å². The number of carboxylic acid groups (broad SMARTS) is 1. The molecule has 0 aliphatic carbocycles. The maximum atomic E-state index is 11.9. The molecule has 1 aromatic carbocycles. The van der Waals surface area contributed by atoms with Crippen molar-refractivity contribution >= 4 is 35.1 Å². The van der Waals surface area contributed by atoms with Gasteiger partial charge in [0.1, 0.15) is 0 Å². The number of amides is 1. The third kappa shape index (κ3) is 5.80. The predicted octanol–water partition coefficient (Wildman–Crippen LogP) is 3.30. The van der Waals surface area contributed by atoms with Crippen LogP contribution in [0.15, 0.2) is 18.2 Å². The standard InChI is InChI=1S/C14H17Cl2NO3/c1-14(2,6-5-13(19)20)17-12(18)8-9-3-4-10(15)11(16)7-9/h3-4,7H,5-6,8H2,1-2H3,(H,17,18)(H,19,20). The second kappa shape index (κ2) is 6.95. The summed E-state index contributed by atoms with van der Waals surface area (Å²) >= 11 is 11.7. The van der Waals surface area contributed by atoms with E-state index < -0.39 is 11.5 Å². The van der Waals surface area contributed by atoms with E-state index in [0.717, 1.165) is 5.56 Å². The summed E-state index contributed by atoms with van der Waals surface area (Å²) in [5.74, 6) is -1.06. The first-order valence-electron chi connectivity index (χ1n) is 6.16. The average Bonchev–Trinajstić information content (AvgIpc) is 2.31. The van der Waals surface area contributed by atoms with Crippen LogP contribution >= 0.6 is 23.2 Å². The first kappa shape index (κ1) is 16.8. The van der Waals surface area contributed by atoms with Gasteiger partial charge in [0.15, 0.2) is 0 Å². The van der Waals surface area contributed by atoms with E-state index in [4.69, 9.17) is 28.3 Å². The highest BCUT2D eigenvalue weighted by Crippen LogP contribution is 2.23. The molecule has 1 amide bonds. The van der Waals surface area contributed by atoms with Gasteiger partial charge in [-0.2, -0.15) is 0 Å². The lowest BCUT2D eigenvalue weighted by atomic mass is 9.98. The molecule has 0 aliphatic rings. The van der Waals surface area contributed by atoms with Crippen molar-refractivity contribution in [3.05, 3.63) is 33.8 Å². The molecule has 6 heteroatoms. The summed E-state index contributed by atoms with van der Waals surface area (Å²) in [7, 11) is 0. The summed E-state index contributed by atoms with van der Waals surface area (Å²) in [5.41, 5.74) is 0.192. The Kier molecular flexibility index (Phi) is 5.84. The molecule has 0 aliphatic heterocycles. The monoisotopic (exact) mass is 317 g/mol. The number of benzene rings is 1. The Labute approximate surface area is 128 Å². The molecule has 1 aromatic rings. The summed E-state index contributed by atoms with van der Waals surface area (Å²) in [6, 6.07) is 5.02. The van der Waals surface area contributed by atoms with Crippen molar-refractivity contribution in [1.29, 1.82) is 0 Å². The quantitative estimate of drug-likeness (QED) is 0.846. The van der Waals surface area contributed by atoms with Crippen LogP contribution in [-0.4, -0.2) is 22.5 Å². The summed E-state index contributed by atoms with van der Waals surface area (Å²) in [5, 5.41) is 12.3. The lowest BCUT2D eigenvalue weighted by Crippen LogP contribution is -2.44. The summed E-state index contributed by atoms with van der Waals surface area (Å²) < 4.78 is 0. The number of aliphatic carboxylic acids is 1. The zero-order chi connectivity index (χ0) is 15.3. The van der Waals surface area contributed by atoms with Gasteiger partial charge in [0.2, 0.25) is 5.91 Å². The normalized spacial score (nSPS) is 11.2. The van der Waals surface area contributed by atoms with Crippen molar-refractivity contribution in [1.82, 2.24) is 5.32 Å². The molecule has 1 rings (SSSR count). The Morgan fingerprint density at radius 2 is 1.90 bits per heavy atom. The molecule has 0 fully saturated rings. The first-order chi connectivity index (χ1) is 9.19. The van der Waals surface area contributed by atoms with Crippen molar-refractivity contribution in [3.63, 3.8) is 0 Å². The third-order valence-electron chi connectivity index (χ3n) is 2.79. The highest BCUT2D eigenvalue weighted by molar-refractivity contribution is 6.42. The number of nitrogens with one attached hydrogen (secondary N) is 1. The Bertz CT molecular complexity index is 515. The lowest BCUT2D eigenvalue weighted by Gasteiger charge is -2.25. The van der Waals surface area contributed by atoms with E-state index in [0.29, 0.717) is 16.5 Å². The fourth-order valence-corrected chi connectivity index (χ4v) is 2.06. The van der Waals surface area contributed by atoms with Gasteiger partial charge in [0.25, 0.3) is 0 Å². The molecular formula is C14H17Cl2NO3. The zero-order valence-electron chi connectivity index (χ0n) is 11.4. The van der Waals surface area contributed by atoms with Gasteiger partial charge in [0.05, 0.1) is 16.5 Å². The minimum atomic E-state index is -0.878. The molecule has 0 unspecified atom stereocenters.